The van der Waals surface area contributed by atoms with E-state index >= 15 is 0 Å². The lowest BCUT2D eigenvalue weighted by atomic mass is 10.0. The molecular weight excluding hydrogens is 568 g/mol. The zero-order valence-corrected chi connectivity index (χ0v) is 22.9. The number of hydrogen-bond acceptors (Lipinski definition) is 5. The highest BCUT2D eigenvalue weighted by atomic mass is 79.9. The van der Waals surface area contributed by atoms with Crippen LogP contribution < -0.4 is 14.8 Å². The molecule has 0 spiro atoms. The monoisotopic (exact) mass is 588 g/mol. The van der Waals surface area contributed by atoms with Crippen LogP contribution in [0, 0.1) is 18.3 Å². The van der Waals surface area contributed by atoms with Gasteiger partial charge in [-0.25, -0.2) is 4.79 Å². The fourth-order valence-electron chi connectivity index (χ4n) is 3.87. The van der Waals surface area contributed by atoms with Gasteiger partial charge in [-0.1, -0.05) is 60.1 Å². The minimum atomic E-state index is -0.607. The van der Waals surface area contributed by atoms with E-state index in [1.54, 1.807) is 56.3 Å². The van der Waals surface area contributed by atoms with Crippen LogP contribution in [0.25, 0.3) is 16.8 Å². The second-order valence-corrected chi connectivity index (χ2v) is 9.50. The largest absolute Gasteiger partial charge is 0.490 e. The van der Waals surface area contributed by atoms with Crippen molar-refractivity contribution in [1.29, 1.82) is 5.26 Å². The molecule has 0 aliphatic rings. The van der Waals surface area contributed by atoms with Crippen LogP contribution in [0.4, 0.5) is 5.69 Å². The number of aryl methyl sites for hydroxylation is 1. The van der Waals surface area contributed by atoms with Crippen molar-refractivity contribution in [1.82, 2.24) is 0 Å². The van der Waals surface area contributed by atoms with Crippen molar-refractivity contribution in [2.24, 2.45) is 0 Å². The molecule has 4 rings (SSSR count). The lowest BCUT2D eigenvalue weighted by Gasteiger charge is -2.14. The fourth-order valence-corrected chi connectivity index (χ4v) is 4.68. The van der Waals surface area contributed by atoms with Gasteiger partial charge in [-0.15, -0.1) is 0 Å². The third kappa shape index (κ3) is 5.88. The van der Waals surface area contributed by atoms with E-state index in [0.29, 0.717) is 32.9 Å². The summed E-state index contributed by atoms with van der Waals surface area (Å²) in [6, 6.07) is 23.4. The van der Waals surface area contributed by atoms with Crippen molar-refractivity contribution < 1.29 is 19.1 Å². The van der Waals surface area contributed by atoms with E-state index in [2.05, 4.69) is 21.2 Å². The van der Waals surface area contributed by atoms with Gasteiger partial charge >= 0.3 is 5.97 Å². The Labute approximate surface area is 233 Å². The number of para-hydroxylation sites is 1. The van der Waals surface area contributed by atoms with Gasteiger partial charge in [0.2, 0.25) is 0 Å². The van der Waals surface area contributed by atoms with Crippen LogP contribution in [0.3, 0.4) is 0 Å². The molecule has 0 aliphatic carbocycles. The van der Waals surface area contributed by atoms with E-state index in [0.717, 1.165) is 16.3 Å². The number of ether oxygens (including phenoxy) is 2. The molecule has 0 bridgehead atoms. The highest BCUT2D eigenvalue weighted by Gasteiger charge is 2.20. The maximum atomic E-state index is 13.1. The van der Waals surface area contributed by atoms with Gasteiger partial charge in [0.15, 0.2) is 11.5 Å². The van der Waals surface area contributed by atoms with Crippen molar-refractivity contribution in [3.63, 3.8) is 0 Å². The minimum Gasteiger partial charge on any atom is -0.490 e. The Kier molecular flexibility index (Phi) is 8.47. The Hall–Kier alpha value is -4.12. The number of esters is 1. The molecule has 0 aromatic heterocycles. The van der Waals surface area contributed by atoms with Crippen LogP contribution in [0.15, 0.2) is 82.8 Å². The molecule has 190 valence electrons. The van der Waals surface area contributed by atoms with E-state index < -0.39 is 11.9 Å². The summed E-state index contributed by atoms with van der Waals surface area (Å²) in [5, 5.41) is 14.4. The normalized spacial score (nSPS) is 11.1. The number of nitrogens with one attached hydrogen (secondary N) is 1. The highest BCUT2D eigenvalue weighted by Crippen LogP contribution is 2.38. The first-order valence-corrected chi connectivity index (χ1v) is 12.8. The number of benzene rings is 4. The second-order valence-electron chi connectivity index (χ2n) is 8.23. The molecule has 0 saturated heterocycles. The van der Waals surface area contributed by atoms with Gasteiger partial charge in [-0.05, 0) is 82.0 Å². The SMILES string of the molecule is CCOc1cc(/C=C(\C#N)C(=O)Nc2c(C)cccc2Cl)cc(Br)c1OC(=O)c1cccc2ccccc12. The maximum Gasteiger partial charge on any atom is 0.344 e. The quantitative estimate of drug-likeness (QED) is 0.103. The summed E-state index contributed by atoms with van der Waals surface area (Å²) in [5.74, 6) is -0.680. The number of carbonyl (C=O) groups excluding carboxylic acids is 2. The average molecular weight is 590 g/mol. The Bertz CT molecular complexity index is 1600. The van der Waals surface area contributed by atoms with Crippen molar-refractivity contribution >= 4 is 61.9 Å². The molecule has 1 amide bonds. The highest BCUT2D eigenvalue weighted by molar-refractivity contribution is 9.10. The summed E-state index contributed by atoms with van der Waals surface area (Å²) in [4.78, 5) is 26.0. The number of amides is 1. The van der Waals surface area contributed by atoms with Gasteiger partial charge < -0.3 is 14.8 Å². The van der Waals surface area contributed by atoms with Gasteiger partial charge in [0.25, 0.3) is 5.91 Å². The molecule has 0 atom stereocenters. The number of nitriles is 1. The number of anilines is 1. The number of fused-ring (bicyclic) bond motifs is 1. The molecule has 38 heavy (non-hydrogen) atoms. The Morgan fingerprint density at radius 1 is 1.08 bits per heavy atom. The van der Waals surface area contributed by atoms with Gasteiger partial charge in [0, 0.05) is 0 Å². The van der Waals surface area contributed by atoms with Gasteiger partial charge in [0.1, 0.15) is 11.6 Å². The number of hydrogen-bond donors (Lipinski definition) is 1. The van der Waals surface area contributed by atoms with Crippen LogP contribution in [0.1, 0.15) is 28.4 Å². The first-order valence-electron chi connectivity index (χ1n) is 11.7. The molecule has 1 N–H and O–H groups in total. The Morgan fingerprint density at radius 3 is 2.55 bits per heavy atom. The smallest absolute Gasteiger partial charge is 0.344 e. The van der Waals surface area contributed by atoms with E-state index in [1.807, 2.05) is 36.4 Å². The number of nitrogens with zero attached hydrogens (tertiary/aromatic N) is 1. The summed E-state index contributed by atoms with van der Waals surface area (Å²) in [5.41, 5.74) is 1.97. The van der Waals surface area contributed by atoms with Crippen LogP contribution >= 0.6 is 27.5 Å². The summed E-state index contributed by atoms with van der Waals surface area (Å²) in [6.07, 6.45) is 1.42. The Balaban J connectivity index is 1.65. The van der Waals surface area contributed by atoms with E-state index in [9.17, 15) is 14.9 Å². The minimum absolute atomic E-state index is 0.140. The number of rotatable bonds is 7. The number of halogens is 2. The lowest BCUT2D eigenvalue weighted by Crippen LogP contribution is -2.14. The van der Waals surface area contributed by atoms with Crippen molar-refractivity contribution in [3.8, 4) is 17.6 Å². The van der Waals surface area contributed by atoms with E-state index in [1.165, 1.54) is 6.08 Å². The van der Waals surface area contributed by atoms with E-state index in [4.69, 9.17) is 21.1 Å². The zero-order valence-electron chi connectivity index (χ0n) is 20.5. The lowest BCUT2D eigenvalue weighted by molar-refractivity contribution is -0.112. The Morgan fingerprint density at radius 2 is 1.82 bits per heavy atom. The molecule has 4 aromatic rings. The molecular formula is C30H22BrClN2O4. The zero-order chi connectivity index (χ0) is 27.2. The topological polar surface area (TPSA) is 88.4 Å². The standard InChI is InChI=1S/C30H22BrClN2O4/c1-3-37-26-16-19(14-21(17-33)29(35)34-27-18(2)8-6-13-25(27)32)15-24(31)28(26)38-30(36)23-12-7-10-20-9-4-5-11-22(20)23/h4-16H,3H2,1-2H3,(H,34,35)/b21-14+. The molecule has 0 heterocycles. The van der Waals surface area contributed by atoms with Crippen molar-refractivity contribution in [2.75, 3.05) is 11.9 Å². The van der Waals surface area contributed by atoms with Gasteiger partial charge in [0.05, 0.1) is 27.4 Å². The van der Waals surface area contributed by atoms with Crippen molar-refractivity contribution in [3.05, 3.63) is 105 Å². The first kappa shape index (κ1) is 26.9. The predicted octanol–water partition coefficient (Wildman–Crippen LogP) is 7.73. The number of carbonyl (C=O) groups is 2. The molecule has 0 unspecified atom stereocenters. The average Bonchev–Trinajstić information content (AvgIpc) is 2.91. The predicted molar refractivity (Wildman–Crippen MR) is 153 cm³/mol. The summed E-state index contributed by atoms with van der Waals surface area (Å²) in [6.45, 7) is 3.91. The van der Waals surface area contributed by atoms with Gasteiger partial charge in [-0.3, -0.25) is 4.79 Å². The third-order valence-corrected chi connectivity index (χ3v) is 6.58. The van der Waals surface area contributed by atoms with Crippen LogP contribution in [0.2, 0.25) is 5.02 Å². The molecule has 0 fully saturated rings. The molecule has 8 heteroatoms. The van der Waals surface area contributed by atoms with E-state index in [-0.39, 0.29) is 17.1 Å². The summed E-state index contributed by atoms with van der Waals surface area (Å²) in [7, 11) is 0. The molecule has 4 aromatic carbocycles. The maximum absolute atomic E-state index is 13.1. The third-order valence-electron chi connectivity index (χ3n) is 5.67. The summed E-state index contributed by atoms with van der Waals surface area (Å²) >= 11 is 9.67. The second kappa shape index (κ2) is 12.0. The van der Waals surface area contributed by atoms with Crippen LogP contribution in [-0.4, -0.2) is 18.5 Å². The first-order chi connectivity index (χ1) is 18.3. The summed E-state index contributed by atoms with van der Waals surface area (Å²) < 4.78 is 11.9. The van der Waals surface area contributed by atoms with Crippen LogP contribution in [-0.2, 0) is 4.79 Å². The molecule has 0 aliphatic heterocycles. The molecule has 0 saturated carbocycles. The fraction of sp³-hybridized carbons (Fsp3) is 0.100. The van der Waals surface area contributed by atoms with Crippen LogP contribution in [0.5, 0.6) is 11.5 Å². The molecule has 6 nitrogen and oxygen atoms in total. The van der Waals surface area contributed by atoms with Gasteiger partial charge in [-0.2, -0.15) is 5.26 Å². The van der Waals surface area contributed by atoms with Crippen molar-refractivity contribution in [2.45, 2.75) is 13.8 Å². The molecule has 0 radical (unpaired) electrons.